The first-order valence-electron chi connectivity index (χ1n) is 13.0. The molecule has 0 unspecified atom stereocenters. The number of hydrogen-bond acceptors (Lipinski definition) is 3. The molecule has 1 aliphatic heterocycles. The van der Waals surface area contributed by atoms with E-state index in [9.17, 15) is 9.59 Å². The van der Waals surface area contributed by atoms with Gasteiger partial charge in [-0.3, -0.25) is 19.1 Å². The predicted molar refractivity (Wildman–Crippen MR) is 154 cm³/mol. The Kier molecular flexibility index (Phi) is 5.91. The van der Waals surface area contributed by atoms with Crippen molar-refractivity contribution >= 4 is 33.4 Å². The van der Waals surface area contributed by atoms with Crippen molar-refractivity contribution in [2.45, 2.75) is 33.6 Å². The van der Waals surface area contributed by atoms with Crippen molar-refractivity contribution in [2.24, 2.45) is 0 Å². The van der Waals surface area contributed by atoms with Crippen LogP contribution in [0.1, 0.15) is 37.5 Å². The Balaban J connectivity index is 1.53. The number of allylic oxidation sites excluding steroid dienone is 1. The zero-order chi connectivity index (χ0) is 26.4. The van der Waals surface area contributed by atoms with E-state index in [2.05, 4.69) is 29.2 Å². The number of rotatable bonds is 4. The van der Waals surface area contributed by atoms with Gasteiger partial charge in [0.25, 0.3) is 11.5 Å². The molecule has 0 saturated heterocycles. The van der Waals surface area contributed by atoms with E-state index in [-0.39, 0.29) is 11.5 Å². The highest BCUT2D eigenvalue weighted by molar-refractivity contribution is 6.07. The van der Waals surface area contributed by atoms with Gasteiger partial charge in [-0.25, -0.2) is 0 Å². The fraction of sp³-hybridized carbons (Fsp3) is 0.182. The molecule has 0 aliphatic carbocycles. The van der Waals surface area contributed by atoms with Crippen LogP contribution in [0, 0.1) is 0 Å². The van der Waals surface area contributed by atoms with E-state index >= 15 is 0 Å². The van der Waals surface area contributed by atoms with Crippen molar-refractivity contribution in [3.8, 4) is 5.69 Å². The third-order valence-corrected chi connectivity index (χ3v) is 7.57. The molecule has 0 saturated carbocycles. The van der Waals surface area contributed by atoms with E-state index < -0.39 is 0 Å². The topological polar surface area (TPSA) is 55.2 Å². The molecule has 0 bridgehead atoms. The number of nitrogens with zero attached hydrogens (tertiary/aromatic N) is 3. The smallest absolute Gasteiger partial charge is 0.255 e. The summed E-state index contributed by atoms with van der Waals surface area (Å²) in [6, 6.07) is 26.1. The minimum atomic E-state index is -0.116. The molecule has 3 aromatic carbocycles. The molecule has 2 aromatic heterocycles. The second-order valence-corrected chi connectivity index (χ2v) is 10.2. The molecule has 6 rings (SSSR count). The molecule has 1 aliphatic rings. The molecule has 38 heavy (non-hydrogen) atoms. The van der Waals surface area contributed by atoms with Crippen LogP contribution in [-0.4, -0.2) is 22.0 Å². The minimum absolute atomic E-state index is 0.0198. The monoisotopic (exact) mass is 499 g/mol. The van der Waals surface area contributed by atoms with Crippen LogP contribution >= 0.6 is 0 Å². The molecule has 188 valence electrons. The summed E-state index contributed by atoms with van der Waals surface area (Å²) >= 11 is 0. The zero-order valence-corrected chi connectivity index (χ0v) is 21.9. The number of hydrogen-bond donors (Lipinski definition) is 0. The molecule has 0 spiro atoms. The Morgan fingerprint density at radius 1 is 0.895 bits per heavy atom. The normalized spacial score (nSPS) is 12.7. The van der Waals surface area contributed by atoms with Gasteiger partial charge in [0.05, 0.1) is 16.7 Å². The van der Waals surface area contributed by atoms with Crippen molar-refractivity contribution in [2.75, 3.05) is 11.4 Å². The van der Waals surface area contributed by atoms with Gasteiger partial charge >= 0.3 is 0 Å². The van der Waals surface area contributed by atoms with E-state index in [1.54, 1.807) is 10.6 Å². The lowest BCUT2D eigenvalue weighted by Gasteiger charge is -2.20. The summed E-state index contributed by atoms with van der Waals surface area (Å²) in [6.45, 7) is 6.44. The average molecular weight is 500 g/mol. The Morgan fingerprint density at radius 3 is 2.50 bits per heavy atom. The van der Waals surface area contributed by atoms with E-state index in [1.807, 2.05) is 80.4 Å². The fourth-order valence-electron chi connectivity index (χ4n) is 5.29. The largest absolute Gasteiger partial charge is 0.308 e. The summed E-state index contributed by atoms with van der Waals surface area (Å²) in [5, 5.41) is 1.82. The highest BCUT2D eigenvalue weighted by Crippen LogP contribution is 2.33. The fourth-order valence-corrected chi connectivity index (χ4v) is 5.29. The van der Waals surface area contributed by atoms with Crippen molar-refractivity contribution < 1.29 is 4.79 Å². The van der Waals surface area contributed by atoms with Gasteiger partial charge in [0.1, 0.15) is 0 Å². The Labute approximate surface area is 221 Å². The lowest BCUT2D eigenvalue weighted by molar-refractivity contribution is -0.115. The maximum Gasteiger partial charge on any atom is 0.255 e. The molecule has 3 heterocycles. The number of carbonyl (C=O) groups excluding carboxylic acids is 1. The van der Waals surface area contributed by atoms with Gasteiger partial charge in [-0.15, -0.1) is 0 Å². The van der Waals surface area contributed by atoms with Gasteiger partial charge < -0.3 is 4.90 Å². The number of fused-ring (bicyclic) bond motifs is 4. The van der Waals surface area contributed by atoms with Crippen LogP contribution in [-0.2, 0) is 17.6 Å². The zero-order valence-electron chi connectivity index (χ0n) is 21.9. The molecule has 0 fully saturated rings. The van der Waals surface area contributed by atoms with Crippen molar-refractivity contribution in [1.82, 2.24) is 9.55 Å². The molecule has 1 amide bonds. The number of amides is 1. The quantitative estimate of drug-likeness (QED) is 0.213. The van der Waals surface area contributed by atoms with Gasteiger partial charge in [-0.05, 0) is 80.6 Å². The summed E-state index contributed by atoms with van der Waals surface area (Å²) in [4.78, 5) is 33.2. The second kappa shape index (κ2) is 9.42. The standard InChI is InChI=1S/C33H29N3O2/c1-21(2)22(3)33(38)35-16-15-25-10-12-27(19-30(25)35)36-31(37)14-11-26-20-34-29-13-9-24(18-28(29)32(26)36)17-23-7-5-4-6-8-23/h4-14,18-20H,15-17H2,1-3H3. The summed E-state index contributed by atoms with van der Waals surface area (Å²) in [6.07, 6.45) is 3.42. The third-order valence-electron chi connectivity index (χ3n) is 7.57. The first-order valence-corrected chi connectivity index (χ1v) is 13.0. The van der Waals surface area contributed by atoms with Gasteiger partial charge in [-0.1, -0.05) is 48.0 Å². The van der Waals surface area contributed by atoms with Gasteiger partial charge in [0, 0.05) is 40.8 Å². The number of carbonyl (C=O) groups is 1. The van der Waals surface area contributed by atoms with Crippen molar-refractivity contribution in [3.63, 3.8) is 0 Å². The Bertz CT molecular complexity index is 1810. The molecule has 0 radical (unpaired) electrons. The molecule has 5 aromatic rings. The first kappa shape index (κ1) is 23.9. The van der Waals surface area contributed by atoms with Crippen molar-refractivity contribution in [1.29, 1.82) is 0 Å². The van der Waals surface area contributed by atoms with Gasteiger partial charge in [0.2, 0.25) is 0 Å². The van der Waals surface area contributed by atoms with E-state index in [0.717, 1.165) is 68.3 Å². The van der Waals surface area contributed by atoms with E-state index in [4.69, 9.17) is 0 Å². The average Bonchev–Trinajstić information content (AvgIpc) is 3.36. The van der Waals surface area contributed by atoms with Gasteiger partial charge in [-0.2, -0.15) is 0 Å². The summed E-state index contributed by atoms with van der Waals surface area (Å²) in [5.74, 6) is 0.0198. The predicted octanol–water partition coefficient (Wildman–Crippen LogP) is 6.38. The SMILES string of the molecule is CC(C)=C(C)C(=O)N1CCc2ccc(-n3c(=O)ccc4cnc5ccc(Cc6ccccc6)cc5c43)cc21. The summed E-state index contributed by atoms with van der Waals surface area (Å²) < 4.78 is 1.76. The van der Waals surface area contributed by atoms with Gasteiger partial charge in [0.15, 0.2) is 0 Å². The van der Waals surface area contributed by atoms with Crippen LogP contribution in [0.25, 0.3) is 27.5 Å². The lowest BCUT2D eigenvalue weighted by atomic mass is 10.0. The minimum Gasteiger partial charge on any atom is -0.308 e. The van der Waals surface area contributed by atoms with Crippen LogP contribution in [0.2, 0.25) is 0 Å². The number of anilines is 1. The van der Waals surface area contributed by atoms with Crippen LogP contribution < -0.4 is 10.5 Å². The van der Waals surface area contributed by atoms with E-state index in [0.29, 0.717) is 6.54 Å². The van der Waals surface area contributed by atoms with E-state index in [1.165, 1.54) is 5.56 Å². The maximum absolute atomic E-state index is 13.4. The molecule has 0 N–H and O–H groups in total. The number of pyridine rings is 2. The highest BCUT2D eigenvalue weighted by atomic mass is 16.2. The maximum atomic E-state index is 13.4. The molecular weight excluding hydrogens is 470 g/mol. The molecular formula is C33H29N3O2. The third kappa shape index (κ3) is 4.10. The summed E-state index contributed by atoms with van der Waals surface area (Å²) in [7, 11) is 0. The van der Waals surface area contributed by atoms with Crippen LogP contribution in [0.15, 0.2) is 101 Å². The Morgan fingerprint density at radius 2 is 1.71 bits per heavy atom. The first-order chi connectivity index (χ1) is 18.4. The van der Waals surface area contributed by atoms with Crippen LogP contribution in [0.3, 0.4) is 0 Å². The highest BCUT2D eigenvalue weighted by Gasteiger charge is 2.26. The molecule has 5 heteroatoms. The molecule has 0 atom stereocenters. The lowest BCUT2D eigenvalue weighted by Crippen LogP contribution is -2.30. The van der Waals surface area contributed by atoms with Crippen LogP contribution in [0.5, 0.6) is 0 Å². The van der Waals surface area contributed by atoms with Crippen molar-refractivity contribution in [3.05, 3.63) is 123 Å². The Hall–Kier alpha value is -4.51. The number of aromatic nitrogens is 2. The van der Waals surface area contributed by atoms with Crippen LogP contribution in [0.4, 0.5) is 5.69 Å². The number of benzene rings is 3. The second-order valence-electron chi connectivity index (χ2n) is 10.2. The molecule has 5 nitrogen and oxygen atoms in total. The summed E-state index contributed by atoms with van der Waals surface area (Å²) in [5.41, 5.74) is 8.44.